The zero-order chi connectivity index (χ0) is 10.7. The topological polar surface area (TPSA) is 41.1 Å². The summed E-state index contributed by atoms with van der Waals surface area (Å²) in [6.07, 6.45) is 0. The Bertz CT molecular complexity index is 359. The molecule has 0 bridgehead atoms. The van der Waals surface area contributed by atoms with Crippen molar-refractivity contribution in [3.05, 3.63) is 28.8 Å². The van der Waals surface area contributed by atoms with Crippen LogP contribution in [0.15, 0.2) is 12.1 Å². The van der Waals surface area contributed by atoms with Crippen LogP contribution in [0.25, 0.3) is 0 Å². The molecule has 2 N–H and O–H groups in total. The van der Waals surface area contributed by atoms with Crippen LogP contribution in [0.2, 0.25) is 0 Å². The van der Waals surface area contributed by atoms with Gasteiger partial charge >= 0.3 is 6.03 Å². The van der Waals surface area contributed by atoms with Crippen molar-refractivity contribution in [2.45, 2.75) is 20.8 Å². The number of rotatable bonds is 1. The molecule has 0 aliphatic rings. The van der Waals surface area contributed by atoms with Gasteiger partial charge in [-0.25, -0.2) is 4.79 Å². The Kier molecular flexibility index (Phi) is 3.12. The van der Waals surface area contributed by atoms with Crippen molar-refractivity contribution in [1.29, 1.82) is 0 Å². The largest absolute Gasteiger partial charge is 0.341 e. The van der Waals surface area contributed by atoms with Crippen LogP contribution in [-0.4, -0.2) is 13.1 Å². The summed E-state index contributed by atoms with van der Waals surface area (Å²) in [6.45, 7) is 6.12. The van der Waals surface area contributed by atoms with Gasteiger partial charge in [-0.15, -0.1) is 0 Å². The van der Waals surface area contributed by atoms with Crippen LogP contribution in [0.5, 0.6) is 0 Å². The monoisotopic (exact) mass is 192 g/mol. The highest BCUT2D eigenvalue weighted by molar-refractivity contribution is 5.90. The SMILES string of the molecule is CNC(=O)Nc1ccc(C)c(C)c1C. The molecule has 0 aromatic heterocycles. The molecule has 0 saturated heterocycles. The number of carbonyl (C=O) groups is 1. The third-order valence-corrected chi connectivity index (χ3v) is 2.53. The van der Waals surface area contributed by atoms with Crippen LogP contribution in [0, 0.1) is 20.8 Å². The lowest BCUT2D eigenvalue weighted by atomic mass is 10.0. The minimum atomic E-state index is -0.184. The van der Waals surface area contributed by atoms with Gasteiger partial charge in [-0.1, -0.05) is 6.07 Å². The van der Waals surface area contributed by atoms with Crippen LogP contribution in [0.4, 0.5) is 10.5 Å². The number of nitrogens with one attached hydrogen (secondary N) is 2. The summed E-state index contributed by atoms with van der Waals surface area (Å²) in [5.74, 6) is 0. The molecule has 1 aromatic carbocycles. The van der Waals surface area contributed by atoms with Gasteiger partial charge in [0, 0.05) is 12.7 Å². The summed E-state index contributed by atoms with van der Waals surface area (Å²) < 4.78 is 0. The van der Waals surface area contributed by atoms with E-state index in [0.717, 1.165) is 11.3 Å². The van der Waals surface area contributed by atoms with Crippen LogP contribution < -0.4 is 10.6 Å². The number of hydrogen-bond donors (Lipinski definition) is 2. The summed E-state index contributed by atoms with van der Waals surface area (Å²) in [4.78, 5) is 11.1. The molecule has 1 rings (SSSR count). The lowest BCUT2D eigenvalue weighted by Crippen LogP contribution is -2.25. The molecule has 76 valence electrons. The summed E-state index contributed by atoms with van der Waals surface area (Å²) >= 11 is 0. The fraction of sp³-hybridized carbons (Fsp3) is 0.364. The minimum absolute atomic E-state index is 0.184. The smallest absolute Gasteiger partial charge is 0.318 e. The highest BCUT2D eigenvalue weighted by Crippen LogP contribution is 2.21. The number of carbonyl (C=O) groups excluding carboxylic acids is 1. The molecule has 0 aliphatic carbocycles. The predicted octanol–water partition coefficient (Wildman–Crippen LogP) is 2.36. The Hall–Kier alpha value is -1.51. The normalized spacial score (nSPS) is 9.71. The van der Waals surface area contributed by atoms with Gasteiger partial charge in [0.15, 0.2) is 0 Å². The maximum Gasteiger partial charge on any atom is 0.318 e. The zero-order valence-electron chi connectivity index (χ0n) is 9.06. The van der Waals surface area contributed by atoms with Crippen LogP contribution in [0.3, 0.4) is 0 Å². The van der Waals surface area contributed by atoms with Gasteiger partial charge in [-0.3, -0.25) is 0 Å². The van der Waals surface area contributed by atoms with E-state index in [9.17, 15) is 4.79 Å². The van der Waals surface area contributed by atoms with Gasteiger partial charge in [0.05, 0.1) is 0 Å². The van der Waals surface area contributed by atoms with Gasteiger partial charge in [0.25, 0.3) is 0 Å². The van der Waals surface area contributed by atoms with Gasteiger partial charge in [0.1, 0.15) is 0 Å². The first-order valence-corrected chi connectivity index (χ1v) is 4.61. The summed E-state index contributed by atoms with van der Waals surface area (Å²) in [5, 5.41) is 5.30. The molecule has 3 nitrogen and oxygen atoms in total. The average molecular weight is 192 g/mol. The fourth-order valence-corrected chi connectivity index (χ4v) is 1.28. The molecule has 0 fully saturated rings. The van der Waals surface area contributed by atoms with Crippen LogP contribution in [-0.2, 0) is 0 Å². The van der Waals surface area contributed by atoms with Gasteiger partial charge in [0.2, 0.25) is 0 Å². The van der Waals surface area contributed by atoms with E-state index in [1.165, 1.54) is 11.1 Å². The first-order valence-electron chi connectivity index (χ1n) is 4.61. The molecule has 0 radical (unpaired) electrons. The molecule has 0 unspecified atom stereocenters. The van der Waals surface area contributed by atoms with Crippen molar-refractivity contribution in [2.75, 3.05) is 12.4 Å². The van der Waals surface area contributed by atoms with Crippen molar-refractivity contribution < 1.29 is 4.79 Å². The second-order valence-electron chi connectivity index (χ2n) is 3.38. The molecule has 3 heteroatoms. The minimum Gasteiger partial charge on any atom is -0.341 e. The fourth-order valence-electron chi connectivity index (χ4n) is 1.28. The molecule has 0 saturated carbocycles. The number of benzene rings is 1. The van der Waals surface area contributed by atoms with E-state index in [4.69, 9.17) is 0 Å². The second kappa shape index (κ2) is 4.13. The Morgan fingerprint density at radius 2 is 1.79 bits per heavy atom. The highest BCUT2D eigenvalue weighted by Gasteiger charge is 2.05. The summed E-state index contributed by atoms with van der Waals surface area (Å²) in [6, 6.07) is 3.75. The number of aryl methyl sites for hydroxylation is 1. The molecule has 14 heavy (non-hydrogen) atoms. The van der Waals surface area contributed by atoms with Gasteiger partial charge in [-0.2, -0.15) is 0 Å². The summed E-state index contributed by atoms with van der Waals surface area (Å²) in [7, 11) is 1.60. The van der Waals surface area contributed by atoms with Crippen molar-refractivity contribution in [2.24, 2.45) is 0 Å². The van der Waals surface area contributed by atoms with E-state index in [1.54, 1.807) is 7.05 Å². The van der Waals surface area contributed by atoms with Crippen molar-refractivity contribution in [3.63, 3.8) is 0 Å². The van der Waals surface area contributed by atoms with Crippen molar-refractivity contribution in [1.82, 2.24) is 5.32 Å². The molecular weight excluding hydrogens is 176 g/mol. The maximum absolute atomic E-state index is 11.1. The Labute approximate surface area is 84.5 Å². The lowest BCUT2D eigenvalue weighted by molar-refractivity contribution is 0.254. The molecule has 0 spiro atoms. The first-order chi connectivity index (χ1) is 6.56. The first kappa shape index (κ1) is 10.6. The van der Waals surface area contributed by atoms with Gasteiger partial charge in [-0.05, 0) is 43.5 Å². The molecular formula is C11H16N2O. The van der Waals surface area contributed by atoms with E-state index < -0.39 is 0 Å². The van der Waals surface area contributed by atoms with E-state index in [1.807, 2.05) is 19.1 Å². The maximum atomic E-state index is 11.1. The number of urea groups is 1. The van der Waals surface area contributed by atoms with Crippen LogP contribution in [0.1, 0.15) is 16.7 Å². The standard InChI is InChI=1S/C11H16N2O/c1-7-5-6-10(9(3)8(7)2)13-11(14)12-4/h5-6H,1-4H3,(H2,12,13,14). The Balaban J connectivity index is 3.00. The molecule has 0 heterocycles. The van der Waals surface area contributed by atoms with E-state index in [2.05, 4.69) is 24.5 Å². The zero-order valence-corrected chi connectivity index (χ0v) is 9.06. The van der Waals surface area contributed by atoms with Crippen LogP contribution >= 0.6 is 0 Å². The third kappa shape index (κ3) is 2.05. The van der Waals surface area contributed by atoms with Crippen molar-refractivity contribution >= 4 is 11.7 Å². The third-order valence-electron chi connectivity index (χ3n) is 2.53. The molecule has 2 amide bonds. The number of anilines is 1. The van der Waals surface area contributed by atoms with E-state index >= 15 is 0 Å². The Morgan fingerprint density at radius 1 is 1.14 bits per heavy atom. The number of amides is 2. The van der Waals surface area contributed by atoms with Gasteiger partial charge < -0.3 is 10.6 Å². The predicted molar refractivity (Wildman–Crippen MR) is 58.7 cm³/mol. The highest BCUT2D eigenvalue weighted by atomic mass is 16.2. The van der Waals surface area contributed by atoms with E-state index in [0.29, 0.717) is 0 Å². The van der Waals surface area contributed by atoms with Crippen molar-refractivity contribution in [3.8, 4) is 0 Å². The Morgan fingerprint density at radius 3 is 2.36 bits per heavy atom. The molecule has 0 atom stereocenters. The number of hydrogen-bond acceptors (Lipinski definition) is 1. The van der Waals surface area contributed by atoms with E-state index in [-0.39, 0.29) is 6.03 Å². The average Bonchev–Trinajstić information content (AvgIpc) is 2.19. The lowest BCUT2D eigenvalue weighted by Gasteiger charge is -2.11. The quantitative estimate of drug-likeness (QED) is 0.704. The second-order valence-corrected chi connectivity index (χ2v) is 3.38. The molecule has 0 aliphatic heterocycles. The summed E-state index contributed by atoms with van der Waals surface area (Å²) in [5.41, 5.74) is 4.45. The molecule has 1 aromatic rings.